The SMILES string of the molecule is COc1cc(C=O)ccc1OCCOc1cc(C)ccc1C(C)(C)C. The van der Waals surface area contributed by atoms with Crippen LogP contribution in [-0.2, 0) is 5.41 Å². The van der Waals surface area contributed by atoms with Gasteiger partial charge in [0.1, 0.15) is 25.2 Å². The maximum Gasteiger partial charge on any atom is 0.161 e. The number of rotatable bonds is 7. The second-order valence-corrected chi connectivity index (χ2v) is 6.97. The molecule has 0 aliphatic heterocycles. The number of ether oxygens (including phenoxy) is 3. The highest BCUT2D eigenvalue weighted by atomic mass is 16.5. The molecule has 2 aromatic rings. The fraction of sp³-hybridized carbons (Fsp3) is 0.381. The van der Waals surface area contributed by atoms with Gasteiger partial charge in [-0.2, -0.15) is 0 Å². The van der Waals surface area contributed by atoms with Crippen LogP contribution in [0.3, 0.4) is 0 Å². The smallest absolute Gasteiger partial charge is 0.161 e. The molecule has 0 fully saturated rings. The second kappa shape index (κ2) is 8.06. The van der Waals surface area contributed by atoms with Crippen molar-refractivity contribution >= 4 is 6.29 Å². The lowest BCUT2D eigenvalue weighted by Crippen LogP contribution is -2.16. The molecule has 0 saturated carbocycles. The molecule has 0 atom stereocenters. The van der Waals surface area contributed by atoms with Gasteiger partial charge in [0.25, 0.3) is 0 Å². The molecule has 134 valence electrons. The molecule has 2 aromatic carbocycles. The highest BCUT2D eigenvalue weighted by molar-refractivity contribution is 5.76. The van der Waals surface area contributed by atoms with Crippen LogP contribution in [0.25, 0.3) is 0 Å². The first kappa shape index (κ1) is 18.8. The largest absolute Gasteiger partial charge is 0.493 e. The van der Waals surface area contributed by atoms with Crippen molar-refractivity contribution in [3.05, 3.63) is 53.1 Å². The monoisotopic (exact) mass is 342 g/mol. The molecule has 0 radical (unpaired) electrons. The van der Waals surface area contributed by atoms with Gasteiger partial charge in [0.05, 0.1) is 7.11 Å². The summed E-state index contributed by atoms with van der Waals surface area (Å²) >= 11 is 0. The molecule has 0 N–H and O–H groups in total. The summed E-state index contributed by atoms with van der Waals surface area (Å²) in [6.45, 7) is 9.36. The molecular formula is C21H26O4. The van der Waals surface area contributed by atoms with E-state index in [4.69, 9.17) is 14.2 Å². The average Bonchev–Trinajstić information content (AvgIpc) is 2.57. The van der Waals surface area contributed by atoms with Gasteiger partial charge in [-0.05, 0) is 47.7 Å². The summed E-state index contributed by atoms with van der Waals surface area (Å²) in [5, 5.41) is 0. The summed E-state index contributed by atoms with van der Waals surface area (Å²) in [7, 11) is 1.55. The predicted molar refractivity (Wildman–Crippen MR) is 99.3 cm³/mol. The molecule has 0 spiro atoms. The molecule has 0 unspecified atom stereocenters. The van der Waals surface area contributed by atoms with Crippen molar-refractivity contribution in [3.63, 3.8) is 0 Å². The van der Waals surface area contributed by atoms with Gasteiger partial charge in [-0.3, -0.25) is 4.79 Å². The van der Waals surface area contributed by atoms with Crippen LogP contribution in [0.1, 0.15) is 42.3 Å². The third kappa shape index (κ3) is 4.99. The number of carbonyl (C=O) groups is 1. The van der Waals surface area contributed by atoms with Gasteiger partial charge in [-0.25, -0.2) is 0 Å². The number of hydrogen-bond donors (Lipinski definition) is 0. The van der Waals surface area contributed by atoms with Gasteiger partial charge in [0.15, 0.2) is 11.5 Å². The highest BCUT2D eigenvalue weighted by Gasteiger charge is 2.19. The first-order valence-electron chi connectivity index (χ1n) is 8.35. The minimum atomic E-state index is 0.0117. The number of benzene rings is 2. The van der Waals surface area contributed by atoms with Gasteiger partial charge in [-0.1, -0.05) is 32.9 Å². The standard InChI is InChI=1S/C21H26O4/c1-15-6-8-17(21(2,3)4)19(12-15)25-11-10-24-18-9-7-16(14-22)13-20(18)23-5/h6-9,12-14H,10-11H2,1-5H3. The van der Waals surface area contributed by atoms with E-state index in [-0.39, 0.29) is 5.41 Å². The minimum absolute atomic E-state index is 0.0117. The molecule has 0 amide bonds. The quantitative estimate of drug-likeness (QED) is 0.546. The zero-order valence-corrected chi connectivity index (χ0v) is 15.6. The molecule has 2 rings (SSSR count). The topological polar surface area (TPSA) is 44.8 Å². The number of hydrogen-bond acceptors (Lipinski definition) is 4. The minimum Gasteiger partial charge on any atom is -0.493 e. The lowest BCUT2D eigenvalue weighted by Gasteiger charge is -2.23. The molecule has 0 aliphatic rings. The Morgan fingerprint density at radius 2 is 1.60 bits per heavy atom. The Hall–Kier alpha value is -2.49. The van der Waals surface area contributed by atoms with Crippen LogP contribution in [-0.4, -0.2) is 26.6 Å². The Bertz CT molecular complexity index is 729. The fourth-order valence-corrected chi connectivity index (χ4v) is 2.55. The van der Waals surface area contributed by atoms with E-state index in [1.807, 2.05) is 0 Å². The lowest BCUT2D eigenvalue weighted by molar-refractivity contribution is 0.112. The van der Waals surface area contributed by atoms with Crippen LogP contribution in [0.5, 0.6) is 17.2 Å². The molecule has 4 heteroatoms. The van der Waals surface area contributed by atoms with Crippen LogP contribution in [0.15, 0.2) is 36.4 Å². The van der Waals surface area contributed by atoms with Crippen molar-refractivity contribution in [2.24, 2.45) is 0 Å². The third-order valence-electron chi connectivity index (χ3n) is 3.87. The first-order valence-corrected chi connectivity index (χ1v) is 8.35. The van der Waals surface area contributed by atoms with Crippen LogP contribution in [0.4, 0.5) is 0 Å². The zero-order valence-electron chi connectivity index (χ0n) is 15.6. The van der Waals surface area contributed by atoms with Gasteiger partial charge in [-0.15, -0.1) is 0 Å². The summed E-state index contributed by atoms with van der Waals surface area (Å²) in [4.78, 5) is 10.8. The van der Waals surface area contributed by atoms with Crippen molar-refractivity contribution in [1.29, 1.82) is 0 Å². The van der Waals surface area contributed by atoms with Crippen LogP contribution < -0.4 is 14.2 Å². The molecule has 0 bridgehead atoms. The Kier molecular flexibility index (Phi) is 6.07. The van der Waals surface area contributed by atoms with E-state index in [1.165, 1.54) is 5.56 Å². The fourth-order valence-electron chi connectivity index (χ4n) is 2.55. The van der Waals surface area contributed by atoms with Gasteiger partial charge >= 0.3 is 0 Å². The maximum absolute atomic E-state index is 10.8. The van der Waals surface area contributed by atoms with E-state index in [2.05, 4.69) is 45.9 Å². The van der Waals surface area contributed by atoms with E-state index >= 15 is 0 Å². The third-order valence-corrected chi connectivity index (χ3v) is 3.87. The van der Waals surface area contributed by atoms with Crippen LogP contribution in [0, 0.1) is 6.92 Å². The molecule has 4 nitrogen and oxygen atoms in total. The van der Waals surface area contributed by atoms with Crippen molar-refractivity contribution in [3.8, 4) is 17.2 Å². The molecule has 0 saturated heterocycles. The van der Waals surface area contributed by atoms with Crippen LogP contribution >= 0.6 is 0 Å². The van der Waals surface area contributed by atoms with E-state index in [1.54, 1.807) is 25.3 Å². The van der Waals surface area contributed by atoms with Crippen molar-refractivity contribution in [1.82, 2.24) is 0 Å². The molecule has 0 aromatic heterocycles. The van der Waals surface area contributed by atoms with E-state index in [0.717, 1.165) is 17.6 Å². The number of carbonyl (C=O) groups excluding carboxylic acids is 1. The van der Waals surface area contributed by atoms with E-state index in [0.29, 0.717) is 30.3 Å². The Morgan fingerprint density at radius 1 is 0.920 bits per heavy atom. The van der Waals surface area contributed by atoms with Gasteiger partial charge in [0, 0.05) is 5.56 Å². The summed E-state index contributed by atoms with van der Waals surface area (Å²) < 4.78 is 17.0. The number of aldehydes is 1. The van der Waals surface area contributed by atoms with E-state index < -0.39 is 0 Å². The predicted octanol–water partition coefficient (Wildman–Crippen LogP) is 4.57. The number of methoxy groups -OCH3 is 1. The Morgan fingerprint density at radius 3 is 2.20 bits per heavy atom. The second-order valence-electron chi connectivity index (χ2n) is 6.97. The van der Waals surface area contributed by atoms with E-state index in [9.17, 15) is 4.79 Å². The maximum atomic E-state index is 10.8. The number of aryl methyl sites for hydroxylation is 1. The molecule has 0 aliphatic carbocycles. The summed E-state index contributed by atoms with van der Waals surface area (Å²) in [6.07, 6.45) is 0.779. The summed E-state index contributed by atoms with van der Waals surface area (Å²) in [5.41, 5.74) is 2.90. The highest BCUT2D eigenvalue weighted by Crippen LogP contribution is 2.32. The molecular weight excluding hydrogens is 316 g/mol. The van der Waals surface area contributed by atoms with Crippen molar-refractivity contribution in [2.45, 2.75) is 33.1 Å². The van der Waals surface area contributed by atoms with Crippen molar-refractivity contribution < 1.29 is 19.0 Å². The first-order chi connectivity index (χ1) is 11.8. The normalized spacial score (nSPS) is 11.1. The molecule has 25 heavy (non-hydrogen) atoms. The summed E-state index contributed by atoms with van der Waals surface area (Å²) in [5.74, 6) is 2.02. The van der Waals surface area contributed by atoms with Gasteiger partial charge in [0.2, 0.25) is 0 Å². The van der Waals surface area contributed by atoms with Gasteiger partial charge < -0.3 is 14.2 Å². The van der Waals surface area contributed by atoms with Crippen LogP contribution in [0.2, 0.25) is 0 Å². The Labute approximate surface area is 149 Å². The zero-order chi connectivity index (χ0) is 18.4. The van der Waals surface area contributed by atoms with Crippen molar-refractivity contribution in [2.75, 3.05) is 20.3 Å². The average molecular weight is 342 g/mol. The lowest BCUT2D eigenvalue weighted by atomic mass is 9.86. The molecule has 0 heterocycles. The Balaban J connectivity index is 2.00. The summed E-state index contributed by atoms with van der Waals surface area (Å²) in [6, 6.07) is 11.4.